The average Bonchev–Trinajstić information content (AvgIpc) is 3.13. The van der Waals surface area contributed by atoms with Crippen LogP contribution < -0.4 is 25.6 Å². The molecule has 2 aromatic carbocycles. The van der Waals surface area contributed by atoms with Crippen molar-refractivity contribution in [2.24, 2.45) is 5.73 Å². The molecular weight excluding hydrogens is 482 g/mol. The number of primary amides is 1. The molecule has 0 aliphatic rings. The molecule has 32 heavy (non-hydrogen) atoms. The summed E-state index contributed by atoms with van der Waals surface area (Å²) in [5, 5.41) is 0. The van der Waals surface area contributed by atoms with Crippen molar-refractivity contribution in [3.63, 3.8) is 0 Å². The van der Waals surface area contributed by atoms with Crippen molar-refractivity contribution in [2.45, 2.75) is 0 Å². The number of nitrogens with zero attached hydrogens (tertiary/aromatic N) is 3. The predicted molar refractivity (Wildman–Crippen MR) is 121 cm³/mol. The number of ether oxygens (including phenoxy) is 3. The Hall–Kier alpha value is -3.86. The van der Waals surface area contributed by atoms with E-state index in [0.29, 0.717) is 28.5 Å². The molecule has 0 atom stereocenters. The van der Waals surface area contributed by atoms with Crippen LogP contribution in [-0.4, -0.2) is 46.8 Å². The number of fused-ring (bicyclic) bond motifs is 1. The Balaban J connectivity index is 2.08. The van der Waals surface area contributed by atoms with Gasteiger partial charge in [-0.05, 0) is 30.3 Å². The second-order valence-corrected chi connectivity index (χ2v) is 7.52. The largest absolute Gasteiger partial charge is 0.497 e. The molecule has 0 spiro atoms. The third-order valence-corrected chi connectivity index (χ3v) is 5.29. The van der Waals surface area contributed by atoms with Crippen LogP contribution in [0.25, 0.3) is 28.2 Å². The maximum atomic E-state index is 12.9. The molecule has 0 aliphatic carbocycles. The zero-order valence-electron chi connectivity index (χ0n) is 17.3. The molecule has 11 heteroatoms. The van der Waals surface area contributed by atoms with Crippen LogP contribution in [0, 0.1) is 0 Å². The third kappa shape index (κ3) is 3.56. The van der Waals surface area contributed by atoms with Crippen LogP contribution in [-0.2, 0) is 0 Å². The first kappa shape index (κ1) is 21.4. The number of nitrogens with one attached hydrogen (secondary N) is 1. The van der Waals surface area contributed by atoms with Crippen molar-refractivity contribution in [1.82, 2.24) is 19.5 Å². The van der Waals surface area contributed by atoms with E-state index in [1.165, 1.54) is 25.9 Å². The molecule has 0 fully saturated rings. The van der Waals surface area contributed by atoms with Crippen LogP contribution >= 0.6 is 15.9 Å². The molecule has 10 nitrogen and oxygen atoms in total. The molecule has 0 radical (unpaired) electrons. The summed E-state index contributed by atoms with van der Waals surface area (Å²) >= 11 is 3.42. The Bertz CT molecular complexity index is 1410. The van der Waals surface area contributed by atoms with Gasteiger partial charge in [-0.3, -0.25) is 4.79 Å². The van der Waals surface area contributed by atoms with Crippen molar-refractivity contribution in [1.29, 1.82) is 0 Å². The smallest absolute Gasteiger partial charge is 0.332 e. The average molecular weight is 500 g/mol. The highest BCUT2D eigenvalue weighted by atomic mass is 79.9. The van der Waals surface area contributed by atoms with Crippen LogP contribution in [0.15, 0.2) is 45.7 Å². The van der Waals surface area contributed by atoms with E-state index < -0.39 is 11.6 Å². The molecule has 0 bridgehead atoms. The Kier molecular flexibility index (Phi) is 5.57. The van der Waals surface area contributed by atoms with Gasteiger partial charge in [-0.2, -0.15) is 0 Å². The van der Waals surface area contributed by atoms with Gasteiger partial charge in [0, 0.05) is 10.5 Å². The van der Waals surface area contributed by atoms with E-state index in [-0.39, 0.29) is 22.7 Å². The Morgan fingerprint density at radius 1 is 1.03 bits per heavy atom. The van der Waals surface area contributed by atoms with E-state index in [2.05, 4.69) is 30.9 Å². The molecule has 3 N–H and O–H groups in total. The van der Waals surface area contributed by atoms with Gasteiger partial charge in [0.15, 0.2) is 17.2 Å². The number of hydrogen-bond acceptors (Lipinski definition) is 7. The number of carbonyl (C=O) groups excluding carboxylic acids is 1. The van der Waals surface area contributed by atoms with Crippen LogP contribution in [0.5, 0.6) is 17.2 Å². The molecule has 1 amide bonds. The van der Waals surface area contributed by atoms with Crippen molar-refractivity contribution < 1.29 is 19.0 Å². The topological polar surface area (TPSA) is 134 Å². The number of imidazole rings is 1. The fraction of sp³-hybridized carbons (Fsp3) is 0.143. The summed E-state index contributed by atoms with van der Waals surface area (Å²) in [6, 6.07) is 10.2. The van der Waals surface area contributed by atoms with Crippen molar-refractivity contribution in [3.8, 4) is 34.3 Å². The highest BCUT2D eigenvalue weighted by Crippen LogP contribution is 2.33. The molecule has 0 saturated heterocycles. The zero-order chi connectivity index (χ0) is 23.0. The Morgan fingerprint density at radius 2 is 1.78 bits per heavy atom. The van der Waals surface area contributed by atoms with Crippen LogP contribution in [0.1, 0.15) is 10.5 Å². The monoisotopic (exact) mass is 499 g/mol. The van der Waals surface area contributed by atoms with E-state index in [4.69, 9.17) is 19.9 Å². The molecule has 0 aliphatic heterocycles. The van der Waals surface area contributed by atoms with Gasteiger partial charge in [-0.1, -0.05) is 15.9 Å². The van der Waals surface area contributed by atoms with Gasteiger partial charge in [0.25, 0.3) is 5.91 Å². The summed E-state index contributed by atoms with van der Waals surface area (Å²) < 4.78 is 18.1. The number of H-pyrrole nitrogens is 1. The van der Waals surface area contributed by atoms with Gasteiger partial charge < -0.3 is 24.9 Å². The molecule has 2 heterocycles. The summed E-state index contributed by atoms with van der Waals surface area (Å²) in [6.07, 6.45) is 0. The fourth-order valence-corrected chi connectivity index (χ4v) is 3.69. The number of hydrogen-bond donors (Lipinski definition) is 2. The first-order valence-electron chi connectivity index (χ1n) is 9.26. The lowest BCUT2D eigenvalue weighted by atomic mass is 10.1. The second kappa shape index (κ2) is 8.35. The zero-order valence-corrected chi connectivity index (χ0v) is 18.9. The number of aromatic amines is 1. The third-order valence-electron chi connectivity index (χ3n) is 4.80. The van der Waals surface area contributed by atoms with E-state index in [0.717, 1.165) is 4.47 Å². The quantitative estimate of drug-likeness (QED) is 0.416. The van der Waals surface area contributed by atoms with Crippen LogP contribution in [0.4, 0.5) is 0 Å². The number of aromatic nitrogens is 4. The lowest BCUT2D eigenvalue weighted by Gasteiger charge is -2.12. The minimum Gasteiger partial charge on any atom is -0.497 e. The van der Waals surface area contributed by atoms with Gasteiger partial charge in [-0.15, -0.1) is 0 Å². The molecule has 164 valence electrons. The molecule has 4 aromatic rings. The van der Waals surface area contributed by atoms with E-state index in [1.54, 1.807) is 36.4 Å². The standard InChI is InChI=1S/C21H18BrN5O5/c1-30-11-5-6-13(15(9-11)32-3)27-20-17(25-21(27)29)16(18(23)28)24-19(26-20)12-8-10(22)4-7-14(12)31-2/h4-9H,1-3H3,(H2,23,28)(H,25,29). The number of nitrogens with two attached hydrogens (primary N) is 1. The van der Waals surface area contributed by atoms with Gasteiger partial charge in [0.2, 0.25) is 0 Å². The number of benzene rings is 2. The number of methoxy groups -OCH3 is 3. The first-order valence-corrected chi connectivity index (χ1v) is 10.1. The normalized spacial score (nSPS) is 10.9. The summed E-state index contributed by atoms with van der Waals surface area (Å²) in [6.45, 7) is 0. The summed E-state index contributed by atoms with van der Waals surface area (Å²) in [7, 11) is 4.50. The van der Waals surface area contributed by atoms with Crippen molar-refractivity contribution >= 4 is 33.0 Å². The van der Waals surface area contributed by atoms with Gasteiger partial charge >= 0.3 is 5.69 Å². The maximum Gasteiger partial charge on any atom is 0.332 e. The summed E-state index contributed by atoms with van der Waals surface area (Å²) in [4.78, 5) is 36.7. The minimum absolute atomic E-state index is 0.109. The summed E-state index contributed by atoms with van der Waals surface area (Å²) in [5.41, 5.74) is 6.07. The number of carbonyl (C=O) groups is 1. The summed E-state index contributed by atoms with van der Waals surface area (Å²) in [5.74, 6) is 0.737. The van der Waals surface area contributed by atoms with Crippen LogP contribution in [0.2, 0.25) is 0 Å². The van der Waals surface area contributed by atoms with Crippen molar-refractivity contribution in [3.05, 3.63) is 57.0 Å². The maximum absolute atomic E-state index is 12.9. The molecule has 2 aromatic heterocycles. The second-order valence-electron chi connectivity index (χ2n) is 6.61. The SMILES string of the molecule is COc1ccc(-n2c(=O)[nH]c3c(C(N)=O)nc(-c4cc(Br)ccc4OC)nc32)c(OC)c1. The molecule has 4 rings (SSSR count). The predicted octanol–water partition coefficient (Wildman–Crippen LogP) is 2.66. The molecule has 0 saturated carbocycles. The molecular formula is C21H18BrN5O5. The number of rotatable bonds is 6. The number of amides is 1. The lowest BCUT2D eigenvalue weighted by Crippen LogP contribution is -2.16. The molecule has 0 unspecified atom stereocenters. The van der Waals surface area contributed by atoms with Crippen LogP contribution in [0.3, 0.4) is 0 Å². The van der Waals surface area contributed by atoms with Gasteiger partial charge in [0.1, 0.15) is 22.8 Å². The van der Waals surface area contributed by atoms with E-state index in [9.17, 15) is 9.59 Å². The van der Waals surface area contributed by atoms with Gasteiger partial charge in [0.05, 0.1) is 32.6 Å². The van der Waals surface area contributed by atoms with E-state index in [1.807, 2.05) is 0 Å². The fourth-order valence-electron chi connectivity index (χ4n) is 3.33. The highest BCUT2D eigenvalue weighted by Gasteiger charge is 2.23. The van der Waals surface area contributed by atoms with E-state index >= 15 is 0 Å². The lowest BCUT2D eigenvalue weighted by molar-refractivity contribution is 0.0997. The van der Waals surface area contributed by atoms with Crippen molar-refractivity contribution in [2.75, 3.05) is 21.3 Å². The van der Waals surface area contributed by atoms with Gasteiger partial charge in [-0.25, -0.2) is 19.3 Å². The minimum atomic E-state index is -0.817. The first-order chi connectivity index (χ1) is 15.4. The number of halogens is 1. The highest BCUT2D eigenvalue weighted by molar-refractivity contribution is 9.10. The Morgan fingerprint density at radius 3 is 2.44 bits per heavy atom. The Labute approximate surface area is 190 Å².